The third-order valence-corrected chi connectivity index (χ3v) is 3.68. The van der Waals surface area contributed by atoms with E-state index in [9.17, 15) is 5.11 Å². The van der Waals surface area contributed by atoms with E-state index in [-0.39, 0.29) is 0 Å². The Hall–Kier alpha value is -1.65. The number of hydrogen-bond acceptors (Lipinski definition) is 3. The van der Waals surface area contributed by atoms with Crippen LogP contribution in [0.5, 0.6) is 0 Å². The molecule has 3 nitrogen and oxygen atoms in total. The summed E-state index contributed by atoms with van der Waals surface area (Å²) in [6.07, 6.45) is -0.553. The van der Waals surface area contributed by atoms with Crippen molar-refractivity contribution in [3.63, 3.8) is 0 Å². The van der Waals surface area contributed by atoms with Gasteiger partial charge >= 0.3 is 0 Å². The summed E-state index contributed by atoms with van der Waals surface area (Å²) in [5.74, 6) is 0.891. The largest absolute Gasteiger partial charge is 0.383 e. The van der Waals surface area contributed by atoms with Gasteiger partial charge in [-0.05, 0) is 36.1 Å². The topological polar surface area (TPSA) is 48.9 Å². The molecule has 0 spiro atoms. The van der Waals surface area contributed by atoms with Crippen LogP contribution in [0.3, 0.4) is 0 Å². The van der Waals surface area contributed by atoms with E-state index in [2.05, 4.69) is 9.97 Å². The van der Waals surface area contributed by atoms with Gasteiger partial charge in [-0.3, -0.25) is 0 Å². The van der Waals surface area contributed by atoms with Gasteiger partial charge in [0.2, 0.25) is 0 Å². The van der Waals surface area contributed by atoms with Crippen LogP contribution in [0, 0.1) is 6.92 Å². The number of imidazole rings is 1. The molecule has 4 heteroatoms. The van der Waals surface area contributed by atoms with Gasteiger partial charge in [-0.2, -0.15) is 0 Å². The highest BCUT2D eigenvalue weighted by Gasteiger charge is 2.12. The average molecular weight is 244 g/mol. The molecule has 3 rings (SSSR count). The minimum Gasteiger partial charge on any atom is -0.383 e. The molecule has 1 unspecified atom stereocenters. The molecule has 0 saturated heterocycles. The fraction of sp³-hybridized carbons (Fsp3) is 0.154. The van der Waals surface area contributed by atoms with Crippen LogP contribution >= 0.6 is 11.3 Å². The Balaban J connectivity index is 2.05. The minimum absolute atomic E-state index is 0.553. The Kier molecular flexibility index (Phi) is 2.46. The maximum Gasteiger partial charge on any atom is 0.113 e. The summed E-state index contributed by atoms with van der Waals surface area (Å²) in [7, 11) is 0. The summed E-state index contributed by atoms with van der Waals surface area (Å²) in [4.78, 5) is 8.48. The van der Waals surface area contributed by atoms with Crippen LogP contribution < -0.4 is 0 Å². The Morgan fingerprint density at radius 2 is 2.24 bits per heavy atom. The van der Waals surface area contributed by atoms with Crippen molar-refractivity contribution in [2.75, 3.05) is 0 Å². The van der Waals surface area contributed by atoms with E-state index in [1.807, 2.05) is 42.6 Å². The van der Waals surface area contributed by atoms with E-state index >= 15 is 0 Å². The number of thiophene rings is 1. The molecule has 1 aromatic carbocycles. The Labute approximate surface area is 103 Å². The van der Waals surface area contributed by atoms with E-state index in [0.29, 0.717) is 0 Å². The van der Waals surface area contributed by atoms with Gasteiger partial charge in [0, 0.05) is 4.88 Å². The lowest BCUT2D eigenvalue weighted by Crippen LogP contribution is -1.96. The number of fused-ring (bicyclic) bond motifs is 1. The maximum atomic E-state index is 10.2. The summed E-state index contributed by atoms with van der Waals surface area (Å²) in [5, 5.41) is 12.2. The highest BCUT2D eigenvalue weighted by Crippen LogP contribution is 2.27. The normalized spacial score (nSPS) is 13.1. The van der Waals surface area contributed by atoms with Gasteiger partial charge in [0.15, 0.2) is 0 Å². The van der Waals surface area contributed by atoms with Crippen molar-refractivity contribution in [3.8, 4) is 0 Å². The molecule has 3 aromatic rings. The lowest BCUT2D eigenvalue weighted by molar-refractivity contribution is 0.224. The van der Waals surface area contributed by atoms with Gasteiger partial charge in [-0.25, -0.2) is 4.98 Å². The predicted octanol–water partition coefficient (Wildman–Crippen LogP) is 3.01. The van der Waals surface area contributed by atoms with Crippen LogP contribution in [0.25, 0.3) is 11.0 Å². The second-order valence-electron chi connectivity index (χ2n) is 4.02. The molecule has 0 saturated carbocycles. The third kappa shape index (κ3) is 1.85. The number of nitrogens with zero attached hydrogens (tertiary/aromatic N) is 1. The number of aromatic nitrogens is 2. The number of H-pyrrole nitrogens is 1. The van der Waals surface area contributed by atoms with E-state index in [1.54, 1.807) is 11.3 Å². The molecule has 0 fully saturated rings. The minimum atomic E-state index is -0.553. The smallest absolute Gasteiger partial charge is 0.113 e. The molecule has 86 valence electrons. The van der Waals surface area contributed by atoms with Crippen molar-refractivity contribution in [1.82, 2.24) is 9.97 Å². The molecule has 2 heterocycles. The first-order valence-electron chi connectivity index (χ1n) is 5.42. The second kappa shape index (κ2) is 3.98. The van der Waals surface area contributed by atoms with Crippen molar-refractivity contribution in [2.45, 2.75) is 13.0 Å². The highest BCUT2D eigenvalue weighted by molar-refractivity contribution is 7.10. The van der Waals surface area contributed by atoms with E-state index in [0.717, 1.165) is 27.3 Å². The molecule has 2 N–H and O–H groups in total. The van der Waals surface area contributed by atoms with Gasteiger partial charge in [0.1, 0.15) is 11.9 Å². The second-order valence-corrected chi connectivity index (χ2v) is 5.00. The van der Waals surface area contributed by atoms with E-state index in [1.165, 1.54) is 0 Å². The van der Waals surface area contributed by atoms with Crippen molar-refractivity contribution < 1.29 is 5.11 Å². The summed E-state index contributed by atoms with van der Waals surface area (Å²) >= 11 is 1.56. The number of aromatic amines is 1. The van der Waals surface area contributed by atoms with Crippen molar-refractivity contribution in [3.05, 3.63) is 52.0 Å². The lowest BCUT2D eigenvalue weighted by Gasteiger charge is -2.08. The summed E-state index contributed by atoms with van der Waals surface area (Å²) in [5.41, 5.74) is 2.80. The summed E-state index contributed by atoms with van der Waals surface area (Å²) in [6, 6.07) is 9.71. The van der Waals surface area contributed by atoms with Crippen LogP contribution in [0.1, 0.15) is 22.4 Å². The summed E-state index contributed by atoms with van der Waals surface area (Å²) in [6.45, 7) is 1.93. The zero-order chi connectivity index (χ0) is 11.8. The number of aliphatic hydroxyl groups excluding tert-OH is 1. The Morgan fingerprint density at radius 1 is 1.35 bits per heavy atom. The first-order chi connectivity index (χ1) is 8.24. The molecule has 0 aliphatic heterocycles. The van der Waals surface area contributed by atoms with Crippen molar-refractivity contribution in [2.24, 2.45) is 0 Å². The van der Waals surface area contributed by atoms with Crippen LogP contribution in [-0.2, 0) is 0 Å². The molecular formula is C13H12N2OS. The Morgan fingerprint density at radius 3 is 3.00 bits per heavy atom. The van der Waals surface area contributed by atoms with Gasteiger partial charge < -0.3 is 10.1 Å². The third-order valence-electron chi connectivity index (χ3n) is 2.75. The number of rotatable bonds is 2. The van der Waals surface area contributed by atoms with Gasteiger partial charge in [0.25, 0.3) is 0 Å². The number of aliphatic hydroxyl groups is 1. The predicted molar refractivity (Wildman–Crippen MR) is 69.2 cm³/mol. The van der Waals surface area contributed by atoms with Crippen molar-refractivity contribution in [1.29, 1.82) is 0 Å². The average Bonchev–Trinajstić information content (AvgIpc) is 2.94. The maximum absolute atomic E-state index is 10.2. The molecule has 0 radical (unpaired) electrons. The molecule has 0 amide bonds. The number of benzene rings is 1. The monoisotopic (exact) mass is 244 g/mol. The molecule has 17 heavy (non-hydrogen) atoms. The first kappa shape index (κ1) is 10.5. The fourth-order valence-electron chi connectivity index (χ4n) is 1.94. The number of aryl methyl sites for hydroxylation is 1. The molecule has 1 atom stereocenters. The fourth-order valence-corrected chi connectivity index (χ4v) is 2.67. The van der Waals surface area contributed by atoms with Gasteiger partial charge in [0.05, 0.1) is 11.0 Å². The van der Waals surface area contributed by atoms with Crippen molar-refractivity contribution >= 4 is 22.4 Å². The summed E-state index contributed by atoms with van der Waals surface area (Å²) < 4.78 is 0. The Bertz CT molecular complexity index is 643. The lowest BCUT2D eigenvalue weighted by atomic mass is 10.1. The van der Waals surface area contributed by atoms with Crippen LogP contribution in [0.2, 0.25) is 0 Å². The highest BCUT2D eigenvalue weighted by atomic mass is 32.1. The molecule has 0 bridgehead atoms. The van der Waals surface area contributed by atoms with Crippen LogP contribution in [-0.4, -0.2) is 15.1 Å². The zero-order valence-corrected chi connectivity index (χ0v) is 10.2. The van der Waals surface area contributed by atoms with Gasteiger partial charge in [-0.15, -0.1) is 11.3 Å². The molecule has 0 aliphatic rings. The van der Waals surface area contributed by atoms with E-state index in [4.69, 9.17) is 0 Å². The SMILES string of the molecule is Cc1nc2ccc(C(O)c3cccs3)cc2[nH]1. The zero-order valence-electron chi connectivity index (χ0n) is 9.34. The number of hydrogen-bond donors (Lipinski definition) is 2. The molecule has 0 aliphatic carbocycles. The van der Waals surface area contributed by atoms with E-state index < -0.39 is 6.10 Å². The van der Waals surface area contributed by atoms with Crippen LogP contribution in [0.15, 0.2) is 35.7 Å². The quantitative estimate of drug-likeness (QED) is 0.728. The number of nitrogens with one attached hydrogen (secondary N) is 1. The van der Waals surface area contributed by atoms with Crippen LogP contribution in [0.4, 0.5) is 0 Å². The first-order valence-corrected chi connectivity index (χ1v) is 6.30. The van der Waals surface area contributed by atoms with Gasteiger partial charge in [-0.1, -0.05) is 12.1 Å². The standard InChI is InChI=1S/C13H12N2OS/c1-8-14-10-5-4-9(7-11(10)15-8)13(16)12-3-2-6-17-12/h2-7,13,16H,1H3,(H,14,15). The molecular weight excluding hydrogens is 232 g/mol. The molecule has 2 aromatic heterocycles.